The van der Waals surface area contributed by atoms with Crippen LogP contribution in [0.3, 0.4) is 0 Å². The molecular formula is C16H15N3O2S. The second-order valence-corrected chi connectivity index (χ2v) is 5.64. The lowest BCUT2D eigenvalue weighted by molar-refractivity contribution is -0.135. The van der Waals surface area contributed by atoms with Gasteiger partial charge in [0.1, 0.15) is 11.6 Å². The number of methoxy groups -OCH3 is 1. The first-order chi connectivity index (χ1) is 10.6. The van der Waals surface area contributed by atoms with Crippen molar-refractivity contribution < 1.29 is 9.53 Å². The van der Waals surface area contributed by atoms with Gasteiger partial charge in [0.25, 0.3) is 0 Å². The Labute approximate surface area is 133 Å². The number of esters is 1. The van der Waals surface area contributed by atoms with Gasteiger partial charge in [-0.15, -0.1) is 0 Å². The number of anilines is 1. The molecule has 1 aromatic heterocycles. The second kappa shape index (κ2) is 6.87. The third-order valence-electron chi connectivity index (χ3n) is 2.87. The summed E-state index contributed by atoms with van der Waals surface area (Å²) in [6, 6.07) is 11.5. The van der Waals surface area contributed by atoms with E-state index in [1.165, 1.54) is 24.5 Å². The summed E-state index contributed by atoms with van der Waals surface area (Å²) >= 11 is 1.41. The van der Waals surface area contributed by atoms with Gasteiger partial charge >= 0.3 is 5.97 Å². The summed E-state index contributed by atoms with van der Waals surface area (Å²) < 4.78 is 4.62. The van der Waals surface area contributed by atoms with Crippen LogP contribution in [0.4, 0.5) is 5.13 Å². The number of thiazole rings is 1. The van der Waals surface area contributed by atoms with Crippen molar-refractivity contribution >= 4 is 28.5 Å². The van der Waals surface area contributed by atoms with Gasteiger partial charge in [-0.05, 0) is 6.08 Å². The van der Waals surface area contributed by atoms with Gasteiger partial charge in [-0.25, -0.2) is 9.78 Å². The maximum atomic E-state index is 11.6. The summed E-state index contributed by atoms with van der Waals surface area (Å²) in [5.74, 6) is -0.652. The molecular weight excluding hydrogens is 298 g/mol. The smallest absolute Gasteiger partial charge is 0.348 e. The first-order valence-electron chi connectivity index (χ1n) is 6.50. The number of nitriles is 1. The number of benzene rings is 1. The summed E-state index contributed by atoms with van der Waals surface area (Å²) in [5.41, 5.74) is 1.62. The van der Waals surface area contributed by atoms with Crippen LogP contribution in [0.5, 0.6) is 0 Å². The molecule has 0 fully saturated rings. The predicted octanol–water partition coefficient (Wildman–Crippen LogP) is 2.96. The number of aromatic nitrogens is 1. The molecule has 0 saturated carbocycles. The Hall–Kier alpha value is -2.65. The lowest BCUT2D eigenvalue weighted by atomic mass is 10.1. The molecule has 0 spiro atoms. The molecule has 5 nitrogen and oxygen atoms in total. The minimum Gasteiger partial charge on any atom is -0.465 e. The first-order valence-corrected chi connectivity index (χ1v) is 7.32. The Bertz CT molecular complexity index is 742. The maximum Gasteiger partial charge on any atom is 0.348 e. The Morgan fingerprint density at radius 1 is 1.36 bits per heavy atom. The first kappa shape index (κ1) is 15.7. The van der Waals surface area contributed by atoms with Crippen molar-refractivity contribution in [3.63, 3.8) is 0 Å². The van der Waals surface area contributed by atoms with Crippen molar-refractivity contribution in [2.24, 2.45) is 0 Å². The van der Waals surface area contributed by atoms with E-state index in [4.69, 9.17) is 5.26 Å². The summed E-state index contributed by atoms with van der Waals surface area (Å²) in [4.78, 5) is 18.8. The van der Waals surface area contributed by atoms with Crippen LogP contribution in [0.1, 0.15) is 4.88 Å². The molecule has 2 aromatic rings. The van der Waals surface area contributed by atoms with Crippen molar-refractivity contribution in [3.8, 4) is 17.3 Å². The molecule has 1 aromatic carbocycles. The van der Waals surface area contributed by atoms with E-state index in [9.17, 15) is 4.79 Å². The van der Waals surface area contributed by atoms with Crippen molar-refractivity contribution in [3.05, 3.63) is 40.8 Å². The molecule has 112 valence electrons. The standard InChI is InChI=1S/C16H15N3O2S/c1-19(2)16-18-14(11-7-5-4-6-8-11)13(22-16)9-12(10-17)15(20)21-3/h4-9H,1-3H3. The van der Waals surface area contributed by atoms with E-state index in [0.29, 0.717) is 0 Å². The van der Waals surface area contributed by atoms with Crippen LogP contribution < -0.4 is 4.90 Å². The summed E-state index contributed by atoms with van der Waals surface area (Å²) in [6.45, 7) is 0. The van der Waals surface area contributed by atoms with E-state index in [2.05, 4.69) is 9.72 Å². The lowest BCUT2D eigenvalue weighted by Gasteiger charge is -2.05. The number of hydrogen-bond donors (Lipinski definition) is 0. The molecule has 0 N–H and O–H groups in total. The van der Waals surface area contributed by atoms with Gasteiger partial charge in [-0.1, -0.05) is 41.7 Å². The average molecular weight is 313 g/mol. The highest BCUT2D eigenvalue weighted by molar-refractivity contribution is 7.17. The molecule has 0 aliphatic heterocycles. The predicted molar refractivity (Wildman–Crippen MR) is 87.5 cm³/mol. The highest BCUT2D eigenvalue weighted by atomic mass is 32.1. The molecule has 0 aliphatic carbocycles. The Kier molecular flexibility index (Phi) is 4.92. The minimum absolute atomic E-state index is 0.0476. The fourth-order valence-corrected chi connectivity index (χ4v) is 2.74. The number of carbonyl (C=O) groups is 1. The fourth-order valence-electron chi connectivity index (χ4n) is 1.79. The van der Waals surface area contributed by atoms with E-state index in [0.717, 1.165) is 21.3 Å². The molecule has 0 amide bonds. The SMILES string of the molecule is COC(=O)C(C#N)=Cc1sc(N(C)C)nc1-c1ccccc1. The normalized spacial score (nSPS) is 10.9. The number of rotatable bonds is 4. The van der Waals surface area contributed by atoms with Crippen LogP contribution in [-0.4, -0.2) is 32.2 Å². The number of hydrogen-bond acceptors (Lipinski definition) is 6. The number of ether oxygens (including phenoxy) is 1. The zero-order chi connectivity index (χ0) is 16.1. The molecule has 22 heavy (non-hydrogen) atoms. The van der Waals surface area contributed by atoms with Crippen LogP contribution in [0, 0.1) is 11.3 Å². The van der Waals surface area contributed by atoms with E-state index < -0.39 is 5.97 Å². The zero-order valence-electron chi connectivity index (χ0n) is 12.5. The third-order valence-corrected chi connectivity index (χ3v) is 4.04. The molecule has 0 atom stereocenters. The molecule has 0 aliphatic rings. The van der Waals surface area contributed by atoms with Crippen LogP contribution in [-0.2, 0) is 9.53 Å². The highest BCUT2D eigenvalue weighted by Crippen LogP contribution is 2.34. The van der Waals surface area contributed by atoms with Gasteiger partial charge in [-0.3, -0.25) is 0 Å². The van der Waals surface area contributed by atoms with Crippen LogP contribution in [0.15, 0.2) is 35.9 Å². The Morgan fingerprint density at radius 3 is 2.59 bits per heavy atom. The summed E-state index contributed by atoms with van der Waals surface area (Å²) in [5, 5.41) is 9.92. The van der Waals surface area contributed by atoms with Crippen molar-refractivity contribution in [2.45, 2.75) is 0 Å². The summed E-state index contributed by atoms with van der Waals surface area (Å²) in [6.07, 6.45) is 1.53. The summed E-state index contributed by atoms with van der Waals surface area (Å²) in [7, 11) is 5.04. The quantitative estimate of drug-likeness (QED) is 0.493. The molecule has 0 unspecified atom stereocenters. The molecule has 0 bridgehead atoms. The van der Waals surface area contributed by atoms with Crippen molar-refractivity contribution in [1.29, 1.82) is 5.26 Å². The number of nitrogens with zero attached hydrogens (tertiary/aromatic N) is 3. The minimum atomic E-state index is -0.652. The molecule has 2 rings (SSSR count). The van der Waals surface area contributed by atoms with Crippen LogP contribution in [0.25, 0.3) is 17.3 Å². The van der Waals surface area contributed by atoms with Gasteiger partial charge in [0, 0.05) is 19.7 Å². The van der Waals surface area contributed by atoms with Gasteiger partial charge in [0.15, 0.2) is 5.13 Å². The van der Waals surface area contributed by atoms with E-state index in [1.807, 2.05) is 55.4 Å². The van der Waals surface area contributed by atoms with Gasteiger partial charge in [0.05, 0.1) is 17.7 Å². The van der Waals surface area contributed by atoms with Crippen molar-refractivity contribution in [2.75, 3.05) is 26.1 Å². The molecule has 0 saturated heterocycles. The molecule has 1 heterocycles. The van der Waals surface area contributed by atoms with Crippen molar-refractivity contribution in [1.82, 2.24) is 4.98 Å². The van der Waals surface area contributed by atoms with Gasteiger partial charge in [-0.2, -0.15) is 5.26 Å². The van der Waals surface area contributed by atoms with E-state index in [1.54, 1.807) is 0 Å². The lowest BCUT2D eigenvalue weighted by Crippen LogP contribution is -2.07. The fraction of sp³-hybridized carbons (Fsp3) is 0.188. The third kappa shape index (κ3) is 3.32. The molecule has 6 heteroatoms. The second-order valence-electron chi connectivity index (χ2n) is 4.63. The zero-order valence-corrected chi connectivity index (χ0v) is 13.3. The van der Waals surface area contributed by atoms with E-state index in [-0.39, 0.29) is 5.57 Å². The van der Waals surface area contributed by atoms with E-state index >= 15 is 0 Å². The Morgan fingerprint density at radius 2 is 2.05 bits per heavy atom. The monoisotopic (exact) mass is 313 g/mol. The Balaban J connectivity index is 2.58. The van der Waals surface area contributed by atoms with Crippen LogP contribution in [0.2, 0.25) is 0 Å². The highest BCUT2D eigenvalue weighted by Gasteiger charge is 2.16. The molecule has 0 radical (unpaired) electrons. The largest absolute Gasteiger partial charge is 0.465 e. The average Bonchev–Trinajstić information content (AvgIpc) is 2.97. The van der Waals surface area contributed by atoms with Crippen LogP contribution >= 0.6 is 11.3 Å². The van der Waals surface area contributed by atoms with Gasteiger partial charge < -0.3 is 9.64 Å². The number of carbonyl (C=O) groups excluding carboxylic acids is 1. The topological polar surface area (TPSA) is 66.2 Å². The van der Waals surface area contributed by atoms with Gasteiger partial charge in [0.2, 0.25) is 0 Å². The maximum absolute atomic E-state index is 11.6.